The van der Waals surface area contributed by atoms with Crippen LogP contribution in [0, 0.1) is 5.41 Å². The van der Waals surface area contributed by atoms with Crippen LogP contribution in [-0.4, -0.2) is 27.0 Å². The van der Waals surface area contributed by atoms with E-state index >= 15 is 0 Å². The molecule has 7 N–H and O–H groups in total. The molecule has 1 heterocycles. The van der Waals surface area contributed by atoms with E-state index in [4.69, 9.17) is 22.0 Å². The van der Waals surface area contributed by atoms with Crippen molar-refractivity contribution in [3.05, 3.63) is 65.7 Å². The van der Waals surface area contributed by atoms with Crippen molar-refractivity contribution in [3.8, 4) is 28.3 Å². The molecule has 0 atom stereocenters. The number of rotatable bonds is 4. The fourth-order valence-electron chi connectivity index (χ4n) is 2.61. The number of aromatic nitrogens is 1. The van der Waals surface area contributed by atoms with Crippen LogP contribution in [0.15, 0.2) is 54.6 Å². The number of pyridine rings is 1. The quantitative estimate of drug-likeness (QED) is 0.362. The SMILES string of the molecule is N=C(N)c1c(N)cc(-c2ccc(C(=O)O)cc2)nc1-c1ccc(O)cc1. The Labute approximate surface area is 149 Å². The smallest absolute Gasteiger partial charge is 0.335 e. The van der Waals surface area contributed by atoms with Crippen LogP contribution in [0.4, 0.5) is 5.69 Å². The molecule has 0 bridgehead atoms. The van der Waals surface area contributed by atoms with Gasteiger partial charge in [-0.25, -0.2) is 9.78 Å². The number of benzene rings is 2. The topological polar surface area (TPSA) is 146 Å². The molecule has 0 saturated carbocycles. The van der Waals surface area contributed by atoms with Crippen molar-refractivity contribution in [3.63, 3.8) is 0 Å². The summed E-state index contributed by atoms with van der Waals surface area (Å²) in [5.41, 5.74) is 14.8. The molecule has 2 aromatic carbocycles. The average Bonchev–Trinajstić information content (AvgIpc) is 2.61. The van der Waals surface area contributed by atoms with E-state index in [0.717, 1.165) is 0 Å². The van der Waals surface area contributed by atoms with E-state index in [1.807, 2.05) is 0 Å². The average molecular weight is 348 g/mol. The maximum atomic E-state index is 11.0. The predicted molar refractivity (Wildman–Crippen MR) is 99.2 cm³/mol. The fraction of sp³-hybridized carbons (Fsp3) is 0. The highest BCUT2D eigenvalue weighted by Gasteiger charge is 2.16. The largest absolute Gasteiger partial charge is 0.508 e. The second-order valence-electron chi connectivity index (χ2n) is 5.66. The summed E-state index contributed by atoms with van der Waals surface area (Å²) in [7, 11) is 0. The third-order valence-electron chi connectivity index (χ3n) is 3.89. The van der Waals surface area contributed by atoms with Gasteiger partial charge in [-0.05, 0) is 42.5 Å². The van der Waals surface area contributed by atoms with E-state index in [1.165, 1.54) is 24.3 Å². The van der Waals surface area contributed by atoms with E-state index < -0.39 is 5.97 Å². The molecule has 0 radical (unpaired) electrons. The highest BCUT2D eigenvalue weighted by Crippen LogP contribution is 2.31. The van der Waals surface area contributed by atoms with E-state index in [2.05, 4.69) is 4.98 Å². The van der Waals surface area contributed by atoms with Crippen LogP contribution in [-0.2, 0) is 0 Å². The third-order valence-corrected chi connectivity index (χ3v) is 3.89. The number of phenols is 1. The number of nitrogens with zero attached hydrogens (tertiary/aromatic N) is 1. The standard InChI is InChI=1S/C19H16N4O3/c20-14-9-15(10-1-3-12(4-2-10)19(25)26)23-17(16(14)18(21)22)11-5-7-13(24)8-6-11/h1-9,24H,(H2,20,23)(H3,21,22)(H,25,26). The number of nitrogen functional groups attached to an aromatic ring is 2. The summed E-state index contributed by atoms with van der Waals surface area (Å²) in [6, 6.07) is 14.1. The van der Waals surface area contributed by atoms with Crippen LogP contribution in [0.2, 0.25) is 0 Å². The Morgan fingerprint density at radius 3 is 2.12 bits per heavy atom. The van der Waals surface area contributed by atoms with Gasteiger partial charge in [-0.2, -0.15) is 0 Å². The monoisotopic (exact) mass is 348 g/mol. The molecule has 0 aliphatic carbocycles. The molecule has 1 aromatic heterocycles. The zero-order valence-electron chi connectivity index (χ0n) is 13.6. The van der Waals surface area contributed by atoms with E-state index in [-0.39, 0.29) is 22.8 Å². The summed E-state index contributed by atoms with van der Waals surface area (Å²) in [5.74, 6) is -1.13. The Balaban J connectivity index is 2.18. The minimum Gasteiger partial charge on any atom is -0.508 e. The lowest BCUT2D eigenvalue weighted by molar-refractivity contribution is 0.0697. The molecule has 3 rings (SSSR count). The van der Waals surface area contributed by atoms with Gasteiger partial charge in [0.15, 0.2) is 0 Å². The summed E-state index contributed by atoms with van der Waals surface area (Å²) < 4.78 is 0. The summed E-state index contributed by atoms with van der Waals surface area (Å²) in [4.78, 5) is 15.6. The zero-order valence-corrected chi connectivity index (χ0v) is 13.6. The first-order valence-corrected chi connectivity index (χ1v) is 7.65. The van der Waals surface area contributed by atoms with Crippen molar-refractivity contribution in [2.45, 2.75) is 0 Å². The number of aromatic hydroxyl groups is 1. The van der Waals surface area contributed by atoms with Crippen molar-refractivity contribution in [2.24, 2.45) is 5.73 Å². The normalized spacial score (nSPS) is 10.5. The second-order valence-corrected chi connectivity index (χ2v) is 5.66. The van der Waals surface area contributed by atoms with Crippen LogP contribution < -0.4 is 11.5 Å². The number of carbonyl (C=O) groups is 1. The van der Waals surface area contributed by atoms with Crippen LogP contribution in [0.1, 0.15) is 15.9 Å². The van der Waals surface area contributed by atoms with E-state index in [9.17, 15) is 9.90 Å². The van der Waals surface area contributed by atoms with Crippen molar-refractivity contribution < 1.29 is 15.0 Å². The van der Waals surface area contributed by atoms with E-state index in [0.29, 0.717) is 28.1 Å². The number of hydrogen-bond acceptors (Lipinski definition) is 5. The Bertz CT molecular complexity index is 997. The Hall–Kier alpha value is -3.87. The zero-order chi connectivity index (χ0) is 18.8. The molecular weight excluding hydrogens is 332 g/mol. The van der Waals surface area contributed by atoms with Crippen molar-refractivity contribution >= 4 is 17.5 Å². The lowest BCUT2D eigenvalue weighted by Crippen LogP contribution is -2.16. The molecule has 3 aromatic rings. The van der Waals surface area contributed by atoms with Crippen LogP contribution in [0.3, 0.4) is 0 Å². The summed E-state index contributed by atoms with van der Waals surface area (Å²) in [6.45, 7) is 0. The molecule has 26 heavy (non-hydrogen) atoms. The van der Waals surface area contributed by atoms with Crippen molar-refractivity contribution in [2.75, 3.05) is 5.73 Å². The summed E-state index contributed by atoms with van der Waals surface area (Å²) in [5, 5.41) is 26.3. The van der Waals surface area contributed by atoms with Gasteiger partial charge < -0.3 is 21.7 Å². The Morgan fingerprint density at radius 2 is 1.58 bits per heavy atom. The van der Waals surface area contributed by atoms with Crippen LogP contribution in [0.5, 0.6) is 5.75 Å². The van der Waals surface area contributed by atoms with Gasteiger partial charge in [0.2, 0.25) is 0 Å². The minimum atomic E-state index is -1.01. The van der Waals surface area contributed by atoms with Gasteiger partial charge in [-0.15, -0.1) is 0 Å². The van der Waals surface area contributed by atoms with Gasteiger partial charge in [0.25, 0.3) is 0 Å². The molecule has 0 aliphatic rings. The van der Waals surface area contributed by atoms with Crippen LogP contribution >= 0.6 is 0 Å². The molecule has 0 saturated heterocycles. The van der Waals surface area contributed by atoms with Crippen molar-refractivity contribution in [1.29, 1.82) is 5.41 Å². The molecule has 0 amide bonds. The van der Waals surface area contributed by atoms with E-state index in [1.54, 1.807) is 30.3 Å². The molecule has 0 fully saturated rings. The maximum absolute atomic E-state index is 11.0. The Kier molecular flexibility index (Phi) is 4.28. The maximum Gasteiger partial charge on any atom is 0.335 e. The fourth-order valence-corrected chi connectivity index (χ4v) is 2.61. The van der Waals surface area contributed by atoms with Gasteiger partial charge in [-0.1, -0.05) is 12.1 Å². The number of phenolic OH excluding ortho intramolecular Hbond substituents is 1. The first-order valence-electron chi connectivity index (χ1n) is 7.65. The van der Waals surface area contributed by atoms with Gasteiger partial charge in [0, 0.05) is 16.8 Å². The number of aromatic carboxylic acids is 1. The van der Waals surface area contributed by atoms with Gasteiger partial charge >= 0.3 is 5.97 Å². The summed E-state index contributed by atoms with van der Waals surface area (Å²) in [6.07, 6.45) is 0. The van der Waals surface area contributed by atoms with Crippen LogP contribution in [0.25, 0.3) is 22.5 Å². The molecule has 0 aliphatic heterocycles. The molecule has 0 unspecified atom stereocenters. The Morgan fingerprint density at radius 1 is 1.00 bits per heavy atom. The number of amidine groups is 1. The lowest BCUT2D eigenvalue weighted by Gasteiger charge is -2.13. The third kappa shape index (κ3) is 3.18. The highest BCUT2D eigenvalue weighted by molar-refractivity contribution is 6.05. The second kappa shape index (κ2) is 6.56. The van der Waals surface area contributed by atoms with Gasteiger partial charge in [0.05, 0.1) is 22.5 Å². The number of hydrogen-bond donors (Lipinski definition) is 5. The first kappa shape index (κ1) is 17.0. The lowest BCUT2D eigenvalue weighted by atomic mass is 10.0. The molecule has 7 nitrogen and oxygen atoms in total. The number of anilines is 1. The predicted octanol–water partition coefficient (Wildman–Crippen LogP) is 2.69. The number of nitrogens with one attached hydrogen (secondary N) is 1. The highest BCUT2D eigenvalue weighted by atomic mass is 16.4. The molecule has 7 heteroatoms. The van der Waals surface area contributed by atoms with Gasteiger partial charge in [-0.3, -0.25) is 5.41 Å². The summed E-state index contributed by atoms with van der Waals surface area (Å²) >= 11 is 0. The molecule has 0 spiro atoms. The number of carboxylic acids is 1. The molecule has 130 valence electrons. The number of carboxylic acid groups (broad SMARTS) is 1. The molecular formula is C19H16N4O3. The number of nitrogens with two attached hydrogens (primary N) is 2. The first-order chi connectivity index (χ1) is 12.4. The van der Waals surface area contributed by atoms with Crippen molar-refractivity contribution in [1.82, 2.24) is 4.98 Å². The van der Waals surface area contributed by atoms with Gasteiger partial charge in [0.1, 0.15) is 11.6 Å². The minimum absolute atomic E-state index is 0.103.